The first-order valence-electron chi connectivity index (χ1n) is 10.6. The maximum atomic E-state index is 15.6. The highest BCUT2D eigenvalue weighted by Crippen LogP contribution is 2.30. The number of carboxylic acid groups (broad SMARTS) is 1. The zero-order valence-corrected chi connectivity index (χ0v) is 18.5. The minimum atomic E-state index is -2.43. The molecule has 11 heteroatoms. The average Bonchev–Trinajstić information content (AvgIpc) is 3.01. The first kappa shape index (κ1) is 23.7. The Hall–Kier alpha value is -3.47. The SMILES string of the molecule is Cc1ccc(C(F)n2cc(C(=O)O)c(=O)c3cc(F)c(N4CCCN(C)CC4)nc32)c(F)c1F. The second kappa shape index (κ2) is 9.05. The van der Waals surface area contributed by atoms with Crippen molar-refractivity contribution in [2.24, 2.45) is 0 Å². The van der Waals surface area contributed by atoms with Crippen molar-refractivity contribution in [1.29, 1.82) is 0 Å². The van der Waals surface area contributed by atoms with E-state index in [0.717, 1.165) is 18.7 Å². The molecule has 0 saturated carbocycles. The predicted molar refractivity (Wildman–Crippen MR) is 118 cm³/mol. The molecule has 1 unspecified atom stereocenters. The molecule has 1 fully saturated rings. The van der Waals surface area contributed by atoms with Crippen molar-refractivity contribution >= 4 is 22.8 Å². The van der Waals surface area contributed by atoms with Gasteiger partial charge in [-0.15, -0.1) is 0 Å². The van der Waals surface area contributed by atoms with E-state index in [4.69, 9.17) is 0 Å². The van der Waals surface area contributed by atoms with Crippen LogP contribution < -0.4 is 10.3 Å². The van der Waals surface area contributed by atoms with Gasteiger partial charge in [-0.25, -0.2) is 27.3 Å². The van der Waals surface area contributed by atoms with Gasteiger partial charge in [-0.2, -0.15) is 0 Å². The van der Waals surface area contributed by atoms with Gasteiger partial charge >= 0.3 is 5.97 Å². The van der Waals surface area contributed by atoms with Crippen LogP contribution in [0.25, 0.3) is 11.0 Å². The van der Waals surface area contributed by atoms with Crippen LogP contribution in [-0.2, 0) is 0 Å². The molecule has 1 atom stereocenters. The lowest BCUT2D eigenvalue weighted by molar-refractivity contribution is 0.0694. The van der Waals surface area contributed by atoms with Crippen LogP contribution >= 0.6 is 0 Å². The minimum absolute atomic E-state index is 0.0435. The van der Waals surface area contributed by atoms with Gasteiger partial charge in [0.05, 0.1) is 5.39 Å². The Labute approximate surface area is 191 Å². The summed E-state index contributed by atoms with van der Waals surface area (Å²) in [5.74, 6) is -5.39. The number of rotatable bonds is 4. The normalized spacial score (nSPS) is 16.0. The molecule has 3 aromatic rings. The summed E-state index contributed by atoms with van der Waals surface area (Å²) in [6, 6.07) is 3.02. The summed E-state index contributed by atoms with van der Waals surface area (Å²) in [4.78, 5) is 32.2. The molecule has 0 radical (unpaired) electrons. The van der Waals surface area contributed by atoms with Gasteiger partial charge in [-0.1, -0.05) is 12.1 Å². The quantitative estimate of drug-likeness (QED) is 0.579. The second-order valence-corrected chi connectivity index (χ2v) is 8.33. The lowest BCUT2D eigenvalue weighted by Gasteiger charge is -2.24. The third-order valence-electron chi connectivity index (χ3n) is 5.99. The number of aromatic carboxylic acids is 1. The number of anilines is 1. The van der Waals surface area contributed by atoms with Crippen LogP contribution in [0.4, 0.5) is 23.4 Å². The largest absolute Gasteiger partial charge is 0.477 e. The van der Waals surface area contributed by atoms with Gasteiger partial charge in [0.1, 0.15) is 11.2 Å². The number of aryl methyl sites for hydroxylation is 1. The number of nitrogens with zero attached hydrogens (tertiary/aromatic N) is 4. The van der Waals surface area contributed by atoms with Crippen molar-refractivity contribution in [2.75, 3.05) is 38.1 Å². The van der Waals surface area contributed by atoms with Gasteiger partial charge < -0.3 is 14.9 Å². The molecule has 0 aliphatic carbocycles. The number of likely N-dealkylation sites (N-methyl/N-ethyl adjacent to an activating group) is 1. The van der Waals surface area contributed by atoms with E-state index < -0.39 is 51.7 Å². The van der Waals surface area contributed by atoms with Gasteiger partial charge in [0, 0.05) is 31.4 Å². The smallest absolute Gasteiger partial charge is 0.341 e. The van der Waals surface area contributed by atoms with Crippen molar-refractivity contribution in [3.8, 4) is 0 Å². The Morgan fingerprint density at radius 3 is 2.56 bits per heavy atom. The summed E-state index contributed by atoms with van der Waals surface area (Å²) >= 11 is 0. The lowest BCUT2D eigenvalue weighted by atomic mass is 10.1. The summed E-state index contributed by atoms with van der Waals surface area (Å²) in [5.41, 5.74) is -3.05. The number of carbonyl (C=O) groups is 1. The van der Waals surface area contributed by atoms with Crippen molar-refractivity contribution in [3.05, 3.63) is 68.8 Å². The Morgan fingerprint density at radius 1 is 1.12 bits per heavy atom. The van der Waals surface area contributed by atoms with Crippen LogP contribution in [0.2, 0.25) is 0 Å². The molecule has 1 aliphatic heterocycles. The number of pyridine rings is 2. The van der Waals surface area contributed by atoms with Gasteiger partial charge in [0.15, 0.2) is 23.3 Å². The maximum Gasteiger partial charge on any atom is 0.341 e. The average molecular weight is 478 g/mol. The summed E-state index contributed by atoms with van der Waals surface area (Å²) in [7, 11) is 1.92. The van der Waals surface area contributed by atoms with Gasteiger partial charge in [0.2, 0.25) is 11.7 Å². The van der Waals surface area contributed by atoms with Crippen LogP contribution in [-0.4, -0.2) is 58.8 Å². The number of benzene rings is 1. The van der Waals surface area contributed by atoms with E-state index in [1.54, 1.807) is 4.90 Å². The van der Waals surface area contributed by atoms with Gasteiger partial charge in [-0.05, 0) is 38.6 Å². The zero-order valence-electron chi connectivity index (χ0n) is 18.5. The van der Waals surface area contributed by atoms with Crippen LogP contribution in [0.1, 0.15) is 34.2 Å². The van der Waals surface area contributed by atoms with Crippen molar-refractivity contribution in [1.82, 2.24) is 14.5 Å². The third kappa shape index (κ3) is 4.11. The monoisotopic (exact) mass is 478 g/mol. The van der Waals surface area contributed by atoms with Crippen molar-refractivity contribution < 1.29 is 27.5 Å². The van der Waals surface area contributed by atoms with E-state index in [9.17, 15) is 23.5 Å². The van der Waals surface area contributed by atoms with Gasteiger partial charge in [0.25, 0.3) is 0 Å². The van der Waals surface area contributed by atoms with E-state index in [-0.39, 0.29) is 17.0 Å². The number of alkyl halides is 1. The van der Waals surface area contributed by atoms with E-state index in [1.165, 1.54) is 13.0 Å². The summed E-state index contributed by atoms with van der Waals surface area (Å²) in [6.45, 7) is 3.57. The maximum absolute atomic E-state index is 15.6. The van der Waals surface area contributed by atoms with E-state index >= 15 is 8.78 Å². The molecule has 7 nitrogen and oxygen atoms in total. The Kier molecular flexibility index (Phi) is 6.30. The van der Waals surface area contributed by atoms with Crippen LogP contribution in [0.3, 0.4) is 0 Å². The topological polar surface area (TPSA) is 78.7 Å². The molecule has 0 amide bonds. The molecule has 1 N–H and O–H groups in total. The molecule has 2 aromatic heterocycles. The fourth-order valence-corrected chi connectivity index (χ4v) is 4.04. The zero-order chi connectivity index (χ0) is 24.7. The molecule has 1 aromatic carbocycles. The van der Waals surface area contributed by atoms with E-state index in [0.29, 0.717) is 36.8 Å². The standard InChI is InChI=1S/C23H22F4N4O3/c1-12-4-5-13(18(26)17(12)25)20(27)31-11-15(23(33)34)19(32)14-10-16(24)22(28-21(14)31)30-7-3-6-29(2)8-9-30/h4-5,10-11,20H,3,6-9H2,1-2H3,(H,33,34). The fourth-order valence-electron chi connectivity index (χ4n) is 4.04. The number of aromatic nitrogens is 2. The highest BCUT2D eigenvalue weighted by molar-refractivity contribution is 5.92. The van der Waals surface area contributed by atoms with Gasteiger partial charge in [-0.3, -0.25) is 9.36 Å². The molecule has 180 valence electrons. The molecule has 0 spiro atoms. The first-order valence-corrected chi connectivity index (χ1v) is 10.6. The Balaban J connectivity index is 1.96. The molecule has 3 heterocycles. The number of halogens is 4. The van der Waals surface area contributed by atoms with Crippen LogP contribution in [0.15, 0.2) is 29.2 Å². The Bertz CT molecular complexity index is 1340. The molecule has 0 bridgehead atoms. The highest BCUT2D eigenvalue weighted by atomic mass is 19.2. The van der Waals surface area contributed by atoms with Crippen LogP contribution in [0.5, 0.6) is 0 Å². The third-order valence-corrected chi connectivity index (χ3v) is 5.99. The molecule has 34 heavy (non-hydrogen) atoms. The van der Waals surface area contributed by atoms with Crippen molar-refractivity contribution in [3.63, 3.8) is 0 Å². The van der Waals surface area contributed by atoms with Crippen molar-refractivity contribution in [2.45, 2.75) is 19.6 Å². The number of fused-ring (bicyclic) bond motifs is 1. The number of carboxylic acids is 1. The van der Waals surface area contributed by atoms with Crippen LogP contribution in [0, 0.1) is 24.4 Å². The molecule has 1 aliphatic rings. The highest BCUT2D eigenvalue weighted by Gasteiger charge is 2.27. The first-order chi connectivity index (χ1) is 16.1. The molecular formula is C23H22F4N4O3. The second-order valence-electron chi connectivity index (χ2n) is 8.33. The van der Waals surface area contributed by atoms with E-state index in [2.05, 4.69) is 9.88 Å². The molecule has 4 rings (SSSR count). The summed E-state index contributed by atoms with van der Waals surface area (Å²) in [6.07, 6.45) is -1.04. The summed E-state index contributed by atoms with van der Waals surface area (Å²) < 4.78 is 60.0. The molecule has 1 saturated heterocycles. The molecular weight excluding hydrogens is 456 g/mol. The minimum Gasteiger partial charge on any atom is -0.477 e. The number of hydrogen-bond acceptors (Lipinski definition) is 5. The summed E-state index contributed by atoms with van der Waals surface area (Å²) in [5, 5.41) is 8.94. The predicted octanol–water partition coefficient (Wildman–Crippen LogP) is 3.48. The lowest BCUT2D eigenvalue weighted by Crippen LogP contribution is -2.31. The fraction of sp³-hybridized carbons (Fsp3) is 0.348. The van der Waals surface area contributed by atoms with E-state index in [1.807, 2.05) is 7.05 Å². The Morgan fingerprint density at radius 2 is 1.85 bits per heavy atom. The number of hydrogen-bond donors (Lipinski definition) is 1.